The van der Waals surface area contributed by atoms with E-state index in [1.54, 1.807) is 13.0 Å². The van der Waals surface area contributed by atoms with Crippen LogP contribution in [-0.4, -0.2) is 30.5 Å². The molecular weight excluding hydrogens is 302 g/mol. The van der Waals surface area contributed by atoms with Gasteiger partial charge in [-0.2, -0.15) is 14.4 Å². The Morgan fingerprint density at radius 2 is 2.09 bits per heavy atom. The van der Waals surface area contributed by atoms with E-state index >= 15 is 0 Å². The molecule has 0 radical (unpaired) electrons. The SMILES string of the molecule is CCCS(=O)(=O)n1cc(-c2cc(C)c(OC)c(C#N)c2)cn1. The minimum atomic E-state index is -3.42. The summed E-state index contributed by atoms with van der Waals surface area (Å²) in [6, 6.07) is 5.59. The Labute approximate surface area is 130 Å². The summed E-state index contributed by atoms with van der Waals surface area (Å²) < 4.78 is 30.2. The molecule has 0 aliphatic heterocycles. The van der Waals surface area contributed by atoms with Gasteiger partial charge in [-0.3, -0.25) is 0 Å². The van der Waals surface area contributed by atoms with Crippen LogP contribution in [0.15, 0.2) is 24.5 Å². The molecule has 7 heteroatoms. The number of aryl methyl sites for hydroxylation is 1. The van der Waals surface area contributed by atoms with Crippen LogP contribution in [0.4, 0.5) is 0 Å². The van der Waals surface area contributed by atoms with Crippen LogP contribution in [0, 0.1) is 18.3 Å². The van der Waals surface area contributed by atoms with Crippen LogP contribution in [0.2, 0.25) is 0 Å². The fraction of sp³-hybridized carbons (Fsp3) is 0.333. The normalized spacial score (nSPS) is 11.2. The Balaban J connectivity index is 2.49. The molecule has 0 atom stereocenters. The molecule has 0 aliphatic carbocycles. The first kappa shape index (κ1) is 16.0. The van der Waals surface area contributed by atoms with E-state index < -0.39 is 10.0 Å². The highest BCUT2D eigenvalue weighted by Gasteiger charge is 2.16. The third-order valence-corrected chi connectivity index (χ3v) is 4.93. The van der Waals surface area contributed by atoms with E-state index in [0.717, 1.165) is 15.2 Å². The van der Waals surface area contributed by atoms with Crippen molar-refractivity contribution in [3.63, 3.8) is 0 Å². The first-order chi connectivity index (χ1) is 10.4. The van der Waals surface area contributed by atoms with Gasteiger partial charge >= 0.3 is 0 Å². The summed E-state index contributed by atoms with van der Waals surface area (Å²) in [4.78, 5) is 0. The zero-order valence-corrected chi connectivity index (χ0v) is 13.5. The van der Waals surface area contributed by atoms with Gasteiger partial charge in [0.05, 0.1) is 30.8 Å². The van der Waals surface area contributed by atoms with E-state index in [2.05, 4.69) is 11.2 Å². The van der Waals surface area contributed by atoms with Crippen LogP contribution in [0.25, 0.3) is 11.1 Å². The molecule has 0 fully saturated rings. The molecule has 2 aromatic rings. The van der Waals surface area contributed by atoms with Crippen molar-refractivity contribution in [2.45, 2.75) is 20.3 Å². The number of hydrogen-bond donors (Lipinski definition) is 0. The van der Waals surface area contributed by atoms with Crippen molar-refractivity contribution in [3.8, 4) is 22.9 Å². The van der Waals surface area contributed by atoms with Crippen LogP contribution in [0.3, 0.4) is 0 Å². The zero-order valence-electron chi connectivity index (χ0n) is 12.7. The van der Waals surface area contributed by atoms with Gasteiger partial charge in [0.15, 0.2) is 0 Å². The number of nitriles is 1. The summed E-state index contributed by atoms with van der Waals surface area (Å²) in [6.07, 6.45) is 3.47. The molecule has 1 aromatic carbocycles. The lowest BCUT2D eigenvalue weighted by Crippen LogP contribution is -2.16. The van der Waals surface area contributed by atoms with Gasteiger partial charge in [-0.1, -0.05) is 6.92 Å². The topological polar surface area (TPSA) is 85.0 Å². The molecule has 0 bridgehead atoms. The largest absolute Gasteiger partial charge is 0.495 e. The summed E-state index contributed by atoms with van der Waals surface area (Å²) in [5, 5.41) is 13.1. The second kappa shape index (κ2) is 6.20. The Kier molecular flexibility index (Phi) is 4.52. The molecule has 116 valence electrons. The molecule has 0 saturated heterocycles. The van der Waals surface area contributed by atoms with Crippen molar-refractivity contribution in [3.05, 3.63) is 35.7 Å². The molecule has 0 aliphatic rings. The van der Waals surface area contributed by atoms with Crippen LogP contribution in [0.1, 0.15) is 24.5 Å². The monoisotopic (exact) mass is 319 g/mol. The van der Waals surface area contributed by atoms with Crippen LogP contribution in [0.5, 0.6) is 5.75 Å². The van der Waals surface area contributed by atoms with Gasteiger partial charge in [0.25, 0.3) is 10.0 Å². The third kappa shape index (κ3) is 2.97. The maximum atomic E-state index is 12.0. The lowest BCUT2D eigenvalue weighted by atomic mass is 10.0. The van der Waals surface area contributed by atoms with E-state index in [1.807, 2.05) is 13.0 Å². The number of nitrogens with zero attached hydrogens (tertiary/aromatic N) is 3. The average Bonchev–Trinajstić information content (AvgIpc) is 2.97. The van der Waals surface area contributed by atoms with Gasteiger partial charge in [-0.15, -0.1) is 0 Å². The number of benzene rings is 1. The lowest BCUT2D eigenvalue weighted by Gasteiger charge is -2.08. The van der Waals surface area contributed by atoms with Crippen molar-refractivity contribution in [2.75, 3.05) is 12.9 Å². The number of hydrogen-bond acceptors (Lipinski definition) is 5. The smallest absolute Gasteiger partial charge is 0.253 e. The van der Waals surface area contributed by atoms with E-state index in [0.29, 0.717) is 23.3 Å². The highest BCUT2D eigenvalue weighted by Crippen LogP contribution is 2.30. The zero-order chi connectivity index (χ0) is 16.3. The molecule has 2 rings (SSSR count). The summed E-state index contributed by atoms with van der Waals surface area (Å²) in [7, 11) is -1.91. The van der Waals surface area contributed by atoms with Gasteiger partial charge in [-0.05, 0) is 36.6 Å². The van der Waals surface area contributed by atoms with Crippen molar-refractivity contribution >= 4 is 10.0 Å². The van der Waals surface area contributed by atoms with Gasteiger partial charge in [0, 0.05) is 5.56 Å². The number of aromatic nitrogens is 2. The highest BCUT2D eigenvalue weighted by molar-refractivity contribution is 7.89. The summed E-state index contributed by atoms with van der Waals surface area (Å²) in [6.45, 7) is 3.63. The van der Waals surface area contributed by atoms with Crippen molar-refractivity contribution < 1.29 is 13.2 Å². The Bertz CT molecular complexity index is 832. The minimum absolute atomic E-state index is 0.0409. The molecule has 0 spiro atoms. The van der Waals surface area contributed by atoms with Gasteiger partial charge in [0.1, 0.15) is 11.8 Å². The molecule has 0 amide bonds. The first-order valence-electron chi connectivity index (χ1n) is 6.80. The first-order valence-corrected chi connectivity index (χ1v) is 8.41. The highest BCUT2D eigenvalue weighted by atomic mass is 32.2. The van der Waals surface area contributed by atoms with Gasteiger partial charge in [-0.25, -0.2) is 8.42 Å². The maximum Gasteiger partial charge on any atom is 0.253 e. The summed E-state index contributed by atoms with van der Waals surface area (Å²) >= 11 is 0. The van der Waals surface area contributed by atoms with Crippen LogP contribution < -0.4 is 4.74 Å². The molecule has 0 unspecified atom stereocenters. The third-order valence-electron chi connectivity index (χ3n) is 3.24. The Morgan fingerprint density at radius 3 is 2.68 bits per heavy atom. The van der Waals surface area contributed by atoms with Crippen molar-refractivity contribution in [2.24, 2.45) is 0 Å². The van der Waals surface area contributed by atoms with Gasteiger partial charge < -0.3 is 4.74 Å². The van der Waals surface area contributed by atoms with E-state index in [4.69, 9.17) is 4.74 Å². The molecule has 1 heterocycles. The fourth-order valence-corrected chi connectivity index (χ4v) is 3.42. The van der Waals surface area contributed by atoms with Gasteiger partial charge in [0.2, 0.25) is 0 Å². The molecule has 0 saturated carbocycles. The molecule has 22 heavy (non-hydrogen) atoms. The van der Waals surface area contributed by atoms with E-state index in [-0.39, 0.29) is 5.75 Å². The lowest BCUT2D eigenvalue weighted by molar-refractivity contribution is 0.410. The van der Waals surface area contributed by atoms with Crippen LogP contribution >= 0.6 is 0 Å². The van der Waals surface area contributed by atoms with Crippen molar-refractivity contribution in [1.82, 2.24) is 9.19 Å². The predicted molar refractivity (Wildman–Crippen MR) is 83.1 cm³/mol. The predicted octanol–water partition coefficient (Wildman–Crippen LogP) is 2.33. The molecule has 1 aromatic heterocycles. The number of ether oxygens (including phenoxy) is 1. The molecular formula is C15H17N3O3S. The average molecular weight is 319 g/mol. The fourth-order valence-electron chi connectivity index (χ4n) is 2.25. The van der Waals surface area contributed by atoms with E-state index in [9.17, 15) is 13.7 Å². The second-order valence-electron chi connectivity index (χ2n) is 4.90. The maximum absolute atomic E-state index is 12.0. The van der Waals surface area contributed by atoms with E-state index in [1.165, 1.54) is 19.5 Å². The second-order valence-corrected chi connectivity index (χ2v) is 6.85. The molecule has 6 nitrogen and oxygen atoms in total. The number of methoxy groups -OCH3 is 1. The quantitative estimate of drug-likeness (QED) is 0.844. The number of rotatable bonds is 5. The molecule has 0 N–H and O–H groups in total. The minimum Gasteiger partial charge on any atom is -0.495 e. The Hall–Kier alpha value is -2.33. The standard InChI is InChI=1S/C15H17N3O3S/c1-4-5-22(19,20)18-10-14(9-17-18)12-6-11(2)15(21-3)13(7-12)8-16/h6-7,9-10H,4-5H2,1-3H3. The Morgan fingerprint density at radius 1 is 1.36 bits per heavy atom. The summed E-state index contributed by atoms with van der Waals surface area (Å²) in [5.74, 6) is 0.566. The van der Waals surface area contributed by atoms with Crippen LogP contribution in [-0.2, 0) is 10.0 Å². The van der Waals surface area contributed by atoms with Crippen molar-refractivity contribution in [1.29, 1.82) is 5.26 Å². The summed E-state index contributed by atoms with van der Waals surface area (Å²) in [5.41, 5.74) is 2.58.